The van der Waals surface area contributed by atoms with Gasteiger partial charge in [-0.15, -0.1) is 0 Å². The molecule has 0 bridgehead atoms. The monoisotopic (exact) mass is 176 g/mol. The van der Waals surface area contributed by atoms with Crippen LogP contribution in [0.15, 0.2) is 18.3 Å². The van der Waals surface area contributed by atoms with E-state index >= 15 is 0 Å². The number of ether oxygens (including phenoxy) is 1. The van der Waals surface area contributed by atoms with E-state index in [9.17, 15) is 0 Å². The van der Waals surface area contributed by atoms with E-state index in [-0.39, 0.29) is 5.60 Å². The molecule has 1 saturated heterocycles. The summed E-state index contributed by atoms with van der Waals surface area (Å²) >= 11 is 0. The van der Waals surface area contributed by atoms with Gasteiger partial charge >= 0.3 is 0 Å². The molecule has 3 heteroatoms. The Hall–Kier alpha value is -0.930. The highest BCUT2D eigenvalue weighted by Crippen LogP contribution is 2.39. The molecule has 1 fully saturated rings. The van der Waals surface area contributed by atoms with Crippen LogP contribution >= 0.6 is 0 Å². The SMILES string of the molecule is c1cnc2c(c1)C1(CCNC1)OC2. The molecule has 1 spiro atoms. The first kappa shape index (κ1) is 7.47. The number of rotatable bonds is 0. The molecule has 3 heterocycles. The molecule has 1 N–H and O–H groups in total. The Bertz CT molecular complexity index is 331. The van der Waals surface area contributed by atoms with E-state index in [4.69, 9.17) is 4.74 Å². The normalized spacial score (nSPS) is 31.1. The summed E-state index contributed by atoms with van der Waals surface area (Å²) in [6, 6.07) is 4.13. The first-order chi connectivity index (χ1) is 6.41. The number of hydrogen-bond donors (Lipinski definition) is 1. The second kappa shape index (κ2) is 2.53. The van der Waals surface area contributed by atoms with Gasteiger partial charge < -0.3 is 10.1 Å². The van der Waals surface area contributed by atoms with E-state index in [0.717, 1.165) is 25.2 Å². The van der Waals surface area contributed by atoms with Crippen molar-refractivity contribution < 1.29 is 4.74 Å². The van der Waals surface area contributed by atoms with E-state index in [2.05, 4.69) is 16.4 Å². The fourth-order valence-electron chi connectivity index (χ4n) is 2.27. The Labute approximate surface area is 77.1 Å². The summed E-state index contributed by atoms with van der Waals surface area (Å²) in [5.41, 5.74) is 2.36. The molecule has 0 saturated carbocycles. The Morgan fingerprint density at radius 3 is 3.38 bits per heavy atom. The minimum Gasteiger partial charge on any atom is -0.363 e. The first-order valence-electron chi connectivity index (χ1n) is 4.70. The minimum atomic E-state index is -0.0520. The maximum atomic E-state index is 5.85. The van der Waals surface area contributed by atoms with Crippen molar-refractivity contribution in [1.82, 2.24) is 10.3 Å². The molecule has 13 heavy (non-hydrogen) atoms. The molecule has 1 unspecified atom stereocenters. The Balaban J connectivity index is 2.11. The van der Waals surface area contributed by atoms with E-state index in [1.807, 2.05) is 12.3 Å². The summed E-state index contributed by atoms with van der Waals surface area (Å²) in [6.45, 7) is 2.66. The lowest BCUT2D eigenvalue weighted by Gasteiger charge is -2.21. The Morgan fingerprint density at radius 2 is 2.54 bits per heavy atom. The van der Waals surface area contributed by atoms with Gasteiger partial charge in [0.2, 0.25) is 0 Å². The molecule has 0 aromatic carbocycles. The third-order valence-electron chi connectivity index (χ3n) is 2.98. The van der Waals surface area contributed by atoms with Crippen molar-refractivity contribution in [3.05, 3.63) is 29.6 Å². The molecule has 0 aliphatic carbocycles. The van der Waals surface area contributed by atoms with Crippen molar-refractivity contribution in [2.45, 2.75) is 18.6 Å². The second-order valence-corrected chi connectivity index (χ2v) is 3.71. The number of pyridine rings is 1. The van der Waals surface area contributed by atoms with Crippen molar-refractivity contribution in [2.75, 3.05) is 13.1 Å². The summed E-state index contributed by atoms with van der Waals surface area (Å²) in [6.07, 6.45) is 2.91. The average molecular weight is 176 g/mol. The fourth-order valence-corrected chi connectivity index (χ4v) is 2.27. The Morgan fingerprint density at radius 1 is 1.54 bits per heavy atom. The molecule has 0 amide bonds. The number of nitrogens with zero attached hydrogens (tertiary/aromatic N) is 1. The summed E-state index contributed by atoms with van der Waals surface area (Å²) < 4.78 is 5.85. The molecule has 1 atom stereocenters. The maximum Gasteiger partial charge on any atom is 0.109 e. The lowest BCUT2D eigenvalue weighted by Crippen LogP contribution is -2.27. The van der Waals surface area contributed by atoms with Crippen LogP contribution in [0, 0.1) is 0 Å². The summed E-state index contributed by atoms with van der Waals surface area (Å²) in [5, 5.41) is 3.34. The standard InChI is InChI=1S/C10H12N2O/c1-2-8-9(12-4-1)6-13-10(8)3-5-11-7-10/h1-2,4,11H,3,5-7H2. The molecule has 2 aliphatic rings. The van der Waals surface area contributed by atoms with Crippen LogP contribution < -0.4 is 5.32 Å². The van der Waals surface area contributed by atoms with Crippen LogP contribution in [0.2, 0.25) is 0 Å². The van der Waals surface area contributed by atoms with Gasteiger partial charge in [-0.2, -0.15) is 0 Å². The second-order valence-electron chi connectivity index (χ2n) is 3.71. The van der Waals surface area contributed by atoms with Gasteiger partial charge in [0.15, 0.2) is 0 Å². The zero-order chi connectivity index (χ0) is 8.73. The smallest absolute Gasteiger partial charge is 0.109 e. The topological polar surface area (TPSA) is 34.2 Å². The van der Waals surface area contributed by atoms with Crippen molar-refractivity contribution >= 4 is 0 Å². The summed E-state index contributed by atoms with van der Waals surface area (Å²) in [7, 11) is 0. The van der Waals surface area contributed by atoms with Gasteiger partial charge in [-0.25, -0.2) is 0 Å². The lowest BCUT2D eigenvalue weighted by molar-refractivity contribution is -0.0223. The van der Waals surface area contributed by atoms with E-state index in [0.29, 0.717) is 6.61 Å². The largest absolute Gasteiger partial charge is 0.363 e. The predicted octanol–water partition coefficient (Wildman–Crippen LogP) is 0.800. The van der Waals surface area contributed by atoms with Gasteiger partial charge in [0.1, 0.15) is 5.60 Å². The van der Waals surface area contributed by atoms with Crippen LogP contribution in [0.4, 0.5) is 0 Å². The molecule has 2 aliphatic heterocycles. The van der Waals surface area contributed by atoms with Crippen molar-refractivity contribution in [1.29, 1.82) is 0 Å². The quantitative estimate of drug-likeness (QED) is 0.635. The molecule has 3 rings (SSSR count). The average Bonchev–Trinajstić information content (AvgIpc) is 2.78. The van der Waals surface area contributed by atoms with Gasteiger partial charge in [0, 0.05) is 18.3 Å². The van der Waals surface area contributed by atoms with Gasteiger partial charge in [-0.1, -0.05) is 6.07 Å². The summed E-state index contributed by atoms with van der Waals surface area (Å²) in [4.78, 5) is 4.33. The maximum absolute atomic E-state index is 5.85. The zero-order valence-corrected chi connectivity index (χ0v) is 7.42. The molecule has 68 valence electrons. The van der Waals surface area contributed by atoms with Crippen molar-refractivity contribution in [3.8, 4) is 0 Å². The van der Waals surface area contributed by atoms with Crippen molar-refractivity contribution in [2.24, 2.45) is 0 Å². The highest BCUT2D eigenvalue weighted by atomic mass is 16.5. The van der Waals surface area contributed by atoms with E-state index in [1.54, 1.807) is 0 Å². The van der Waals surface area contributed by atoms with E-state index in [1.165, 1.54) is 5.56 Å². The van der Waals surface area contributed by atoms with Crippen molar-refractivity contribution in [3.63, 3.8) is 0 Å². The molecule has 0 radical (unpaired) electrons. The highest BCUT2D eigenvalue weighted by Gasteiger charge is 2.42. The van der Waals surface area contributed by atoms with Crippen LogP contribution in [0.3, 0.4) is 0 Å². The molecule has 1 aromatic heterocycles. The predicted molar refractivity (Wildman–Crippen MR) is 48.2 cm³/mol. The minimum absolute atomic E-state index is 0.0520. The number of fused-ring (bicyclic) bond motifs is 2. The van der Waals surface area contributed by atoms with Gasteiger partial charge in [0.05, 0.1) is 12.3 Å². The highest BCUT2D eigenvalue weighted by molar-refractivity contribution is 5.31. The van der Waals surface area contributed by atoms with Gasteiger partial charge in [-0.3, -0.25) is 4.98 Å². The van der Waals surface area contributed by atoms with Crippen LogP contribution in [-0.2, 0) is 16.9 Å². The molecular weight excluding hydrogens is 164 g/mol. The molecule has 3 nitrogen and oxygen atoms in total. The zero-order valence-electron chi connectivity index (χ0n) is 7.42. The number of aromatic nitrogens is 1. The first-order valence-corrected chi connectivity index (χ1v) is 4.70. The summed E-state index contributed by atoms with van der Waals surface area (Å²) in [5.74, 6) is 0. The Kier molecular flexibility index (Phi) is 1.45. The third-order valence-corrected chi connectivity index (χ3v) is 2.98. The fraction of sp³-hybridized carbons (Fsp3) is 0.500. The molecular formula is C10H12N2O. The van der Waals surface area contributed by atoms with Gasteiger partial charge in [-0.05, 0) is 19.0 Å². The number of nitrogens with one attached hydrogen (secondary N) is 1. The lowest BCUT2D eigenvalue weighted by atomic mass is 9.94. The third kappa shape index (κ3) is 0.943. The van der Waals surface area contributed by atoms with Gasteiger partial charge in [0.25, 0.3) is 0 Å². The molecule has 1 aromatic rings. The van der Waals surface area contributed by atoms with E-state index < -0.39 is 0 Å². The van der Waals surface area contributed by atoms with Crippen LogP contribution in [0.5, 0.6) is 0 Å². The van der Waals surface area contributed by atoms with Crippen LogP contribution in [-0.4, -0.2) is 18.1 Å². The number of hydrogen-bond acceptors (Lipinski definition) is 3. The van der Waals surface area contributed by atoms with Crippen LogP contribution in [0.25, 0.3) is 0 Å². The van der Waals surface area contributed by atoms with Crippen LogP contribution in [0.1, 0.15) is 17.7 Å².